The maximum absolute atomic E-state index is 11.5. The van der Waals surface area contributed by atoms with E-state index in [0.717, 1.165) is 39.9 Å². The van der Waals surface area contributed by atoms with Crippen molar-refractivity contribution in [1.29, 1.82) is 0 Å². The molecule has 0 N–H and O–H groups in total. The summed E-state index contributed by atoms with van der Waals surface area (Å²) in [5.74, 6) is 1.43. The molecule has 2 aromatic rings. The number of aldehydes is 1. The highest BCUT2D eigenvalue weighted by atomic mass is 16.5. The minimum atomic E-state index is 0.608. The van der Waals surface area contributed by atoms with Crippen molar-refractivity contribution < 1.29 is 14.3 Å². The van der Waals surface area contributed by atoms with Gasteiger partial charge in [-0.1, -0.05) is 6.07 Å². The molecule has 2 aromatic carbocycles. The maximum Gasteiger partial charge on any atom is 0.150 e. The zero-order valence-electron chi connectivity index (χ0n) is 13.1. The molecular formula is C18H20O3. The number of ether oxygens (including phenoxy) is 2. The molecule has 0 radical (unpaired) electrons. The van der Waals surface area contributed by atoms with E-state index in [9.17, 15) is 4.79 Å². The largest absolute Gasteiger partial charge is 0.496 e. The molecule has 0 aliphatic rings. The van der Waals surface area contributed by atoms with Gasteiger partial charge in [-0.05, 0) is 55.7 Å². The summed E-state index contributed by atoms with van der Waals surface area (Å²) in [4.78, 5) is 11.5. The summed E-state index contributed by atoms with van der Waals surface area (Å²) in [5, 5.41) is 0. The number of carbonyl (C=O) groups excluding carboxylic acids is 1. The molecule has 0 saturated heterocycles. The van der Waals surface area contributed by atoms with E-state index in [1.807, 2.05) is 39.0 Å². The van der Waals surface area contributed by atoms with Crippen molar-refractivity contribution in [3.8, 4) is 22.6 Å². The first-order valence-electron chi connectivity index (χ1n) is 6.81. The molecule has 3 heteroatoms. The van der Waals surface area contributed by atoms with Gasteiger partial charge in [0, 0.05) is 16.7 Å². The quantitative estimate of drug-likeness (QED) is 0.793. The van der Waals surface area contributed by atoms with Crippen molar-refractivity contribution in [3.63, 3.8) is 0 Å². The van der Waals surface area contributed by atoms with Crippen LogP contribution >= 0.6 is 0 Å². The molecule has 0 aliphatic carbocycles. The molecule has 0 amide bonds. The van der Waals surface area contributed by atoms with Gasteiger partial charge in [-0.2, -0.15) is 0 Å². The van der Waals surface area contributed by atoms with Gasteiger partial charge in [-0.3, -0.25) is 4.79 Å². The Morgan fingerprint density at radius 3 is 1.86 bits per heavy atom. The van der Waals surface area contributed by atoms with Gasteiger partial charge in [-0.25, -0.2) is 0 Å². The summed E-state index contributed by atoms with van der Waals surface area (Å²) in [7, 11) is 3.25. The first kappa shape index (κ1) is 15.1. The van der Waals surface area contributed by atoms with Crippen LogP contribution in [0, 0.1) is 20.8 Å². The Bertz CT molecular complexity index is 687. The normalized spacial score (nSPS) is 10.3. The van der Waals surface area contributed by atoms with Crippen LogP contribution in [0.4, 0.5) is 0 Å². The van der Waals surface area contributed by atoms with Crippen LogP contribution in [0.2, 0.25) is 0 Å². The van der Waals surface area contributed by atoms with Crippen LogP contribution in [-0.2, 0) is 0 Å². The van der Waals surface area contributed by atoms with Crippen LogP contribution in [0.5, 0.6) is 11.5 Å². The first-order chi connectivity index (χ1) is 10.0. The Kier molecular flexibility index (Phi) is 4.32. The molecule has 0 heterocycles. The van der Waals surface area contributed by atoms with E-state index in [2.05, 4.69) is 6.07 Å². The first-order valence-corrected chi connectivity index (χ1v) is 6.81. The highest BCUT2D eigenvalue weighted by Gasteiger charge is 2.19. The molecule has 0 fully saturated rings. The Balaban J connectivity index is 2.87. The molecule has 2 rings (SSSR count). The van der Waals surface area contributed by atoms with Crippen molar-refractivity contribution >= 4 is 6.29 Å². The highest BCUT2D eigenvalue weighted by molar-refractivity contribution is 5.94. The van der Waals surface area contributed by atoms with Gasteiger partial charge in [0.2, 0.25) is 0 Å². The second-order valence-electron chi connectivity index (χ2n) is 5.21. The molecule has 0 bridgehead atoms. The second-order valence-corrected chi connectivity index (χ2v) is 5.21. The van der Waals surface area contributed by atoms with Gasteiger partial charge < -0.3 is 9.47 Å². The Morgan fingerprint density at radius 2 is 1.33 bits per heavy atom. The number of methoxy groups -OCH3 is 2. The van der Waals surface area contributed by atoms with Crippen LogP contribution in [0.25, 0.3) is 11.1 Å². The number of rotatable bonds is 4. The lowest BCUT2D eigenvalue weighted by Gasteiger charge is -2.18. The Hall–Kier alpha value is -2.29. The van der Waals surface area contributed by atoms with E-state index in [1.165, 1.54) is 0 Å². The molecule has 0 aromatic heterocycles. The molecular weight excluding hydrogens is 264 g/mol. The number of aryl methyl sites for hydroxylation is 3. The second kappa shape index (κ2) is 6.00. The van der Waals surface area contributed by atoms with Crippen LogP contribution in [0.15, 0.2) is 24.3 Å². The molecule has 0 unspecified atom stereocenters. The monoisotopic (exact) mass is 284 g/mol. The van der Waals surface area contributed by atoms with E-state index >= 15 is 0 Å². The fourth-order valence-corrected chi connectivity index (χ4v) is 2.71. The Labute approximate surface area is 125 Å². The van der Waals surface area contributed by atoms with Crippen molar-refractivity contribution in [2.45, 2.75) is 20.8 Å². The van der Waals surface area contributed by atoms with E-state index in [0.29, 0.717) is 11.3 Å². The number of carbonyl (C=O) groups is 1. The molecule has 3 nitrogen and oxygen atoms in total. The SMILES string of the molecule is COc1cc(C)cc(C)c1-c1c(C=O)cc(C)cc1OC. The van der Waals surface area contributed by atoms with Gasteiger partial charge in [0.25, 0.3) is 0 Å². The zero-order chi connectivity index (χ0) is 15.6. The summed E-state index contributed by atoms with van der Waals surface area (Å²) in [5.41, 5.74) is 5.46. The third-order valence-electron chi connectivity index (χ3n) is 3.54. The van der Waals surface area contributed by atoms with Crippen LogP contribution in [0.3, 0.4) is 0 Å². The third-order valence-corrected chi connectivity index (χ3v) is 3.54. The average molecular weight is 284 g/mol. The predicted octanol–water partition coefficient (Wildman–Crippen LogP) is 4.11. The van der Waals surface area contributed by atoms with Crippen LogP contribution in [0.1, 0.15) is 27.0 Å². The molecule has 0 spiro atoms. The number of benzene rings is 2. The van der Waals surface area contributed by atoms with Gasteiger partial charge in [-0.15, -0.1) is 0 Å². The molecule has 21 heavy (non-hydrogen) atoms. The summed E-state index contributed by atoms with van der Waals surface area (Å²) in [6.45, 7) is 5.98. The van der Waals surface area contributed by atoms with Gasteiger partial charge in [0.1, 0.15) is 11.5 Å². The summed E-state index contributed by atoms with van der Waals surface area (Å²) in [6.07, 6.45) is 0.865. The molecule has 0 saturated carbocycles. The summed E-state index contributed by atoms with van der Waals surface area (Å²) >= 11 is 0. The standard InChI is InChI=1S/C18H20O3/c1-11-6-13(3)17(15(8-11)20-4)18-14(10-19)7-12(2)9-16(18)21-5/h6-10H,1-5H3. The van der Waals surface area contributed by atoms with Gasteiger partial charge >= 0.3 is 0 Å². The summed E-state index contributed by atoms with van der Waals surface area (Å²) in [6, 6.07) is 7.84. The fourth-order valence-electron chi connectivity index (χ4n) is 2.71. The van der Waals surface area contributed by atoms with Crippen LogP contribution in [-0.4, -0.2) is 20.5 Å². The number of hydrogen-bond acceptors (Lipinski definition) is 3. The van der Waals surface area contributed by atoms with E-state index in [1.54, 1.807) is 14.2 Å². The lowest BCUT2D eigenvalue weighted by atomic mass is 9.92. The van der Waals surface area contributed by atoms with Gasteiger partial charge in [0.15, 0.2) is 6.29 Å². The third kappa shape index (κ3) is 2.77. The minimum Gasteiger partial charge on any atom is -0.496 e. The minimum absolute atomic E-state index is 0.608. The maximum atomic E-state index is 11.5. The molecule has 0 aliphatic heterocycles. The van der Waals surface area contributed by atoms with Gasteiger partial charge in [0.05, 0.1) is 14.2 Å². The number of hydrogen-bond donors (Lipinski definition) is 0. The van der Waals surface area contributed by atoms with Crippen molar-refractivity contribution in [3.05, 3.63) is 46.5 Å². The predicted molar refractivity (Wildman–Crippen MR) is 84.6 cm³/mol. The van der Waals surface area contributed by atoms with Crippen molar-refractivity contribution in [2.75, 3.05) is 14.2 Å². The fraction of sp³-hybridized carbons (Fsp3) is 0.278. The van der Waals surface area contributed by atoms with E-state index in [-0.39, 0.29) is 0 Å². The lowest BCUT2D eigenvalue weighted by molar-refractivity contribution is 0.112. The Morgan fingerprint density at radius 1 is 0.810 bits per heavy atom. The highest BCUT2D eigenvalue weighted by Crippen LogP contribution is 2.41. The molecule has 110 valence electrons. The van der Waals surface area contributed by atoms with Crippen molar-refractivity contribution in [1.82, 2.24) is 0 Å². The van der Waals surface area contributed by atoms with Crippen molar-refractivity contribution in [2.24, 2.45) is 0 Å². The van der Waals surface area contributed by atoms with Crippen LogP contribution < -0.4 is 9.47 Å². The van der Waals surface area contributed by atoms with E-state index in [4.69, 9.17) is 9.47 Å². The lowest BCUT2D eigenvalue weighted by Crippen LogP contribution is -1.99. The molecule has 0 atom stereocenters. The summed E-state index contributed by atoms with van der Waals surface area (Å²) < 4.78 is 11.0. The van der Waals surface area contributed by atoms with E-state index < -0.39 is 0 Å². The zero-order valence-corrected chi connectivity index (χ0v) is 13.1. The topological polar surface area (TPSA) is 35.5 Å². The smallest absolute Gasteiger partial charge is 0.150 e. The average Bonchev–Trinajstić information content (AvgIpc) is 2.46.